The van der Waals surface area contributed by atoms with E-state index in [1.165, 1.54) is 0 Å². The van der Waals surface area contributed by atoms with Crippen LogP contribution in [-0.4, -0.2) is 74.0 Å². The van der Waals surface area contributed by atoms with Crippen molar-refractivity contribution in [2.75, 3.05) is 47.5 Å². The lowest BCUT2D eigenvalue weighted by molar-refractivity contribution is 0.0597. The summed E-state index contributed by atoms with van der Waals surface area (Å²) in [7, 11) is 5.52. The molecule has 1 N–H and O–H groups in total. The van der Waals surface area contributed by atoms with Gasteiger partial charge in [-0.2, -0.15) is 5.10 Å². The predicted octanol–water partition coefficient (Wildman–Crippen LogP) is -0.376. The molecule has 0 bridgehead atoms. The zero-order chi connectivity index (χ0) is 14.5. The highest BCUT2D eigenvalue weighted by Crippen LogP contribution is 2.20. The summed E-state index contributed by atoms with van der Waals surface area (Å²) in [5.41, 5.74) is 0.511. The average Bonchev–Trinajstić information content (AvgIpc) is 2.88. The van der Waals surface area contributed by atoms with Gasteiger partial charge in [0.25, 0.3) is 0 Å². The van der Waals surface area contributed by atoms with E-state index in [0.29, 0.717) is 37.7 Å². The number of hydrogen-bond acceptors (Lipinski definition) is 6. The van der Waals surface area contributed by atoms with Crippen molar-refractivity contribution in [3.63, 3.8) is 0 Å². The lowest BCUT2D eigenvalue weighted by atomic mass is 10.1. The van der Waals surface area contributed by atoms with Gasteiger partial charge in [0.2, 0.25) is 5.78 Å². The summed E-state index contributed by atoms with van der Waals surface area (Å²) in [4.78, 5) is 14.7. The number of carbonyl (C=O) groups excluding carboxylic acids is 1. The summed E-state index contributed by atoms with van der Waals surface area (Å²) in [6.07, 6.45) is 1.59. The molecule has 0 aliphatic carbocycles. The molecular formula is C13H22N4O3. The van der Waals surface area contributed by atoms with Crippen molar-refractivity contribution in [1.82, 2.24) is 20.0 Å². The van der Waals surface area contributed by atoms with Gasteiger partial charge in [0, 0.05) is 13.1 Å². The first-order valence-electron chi connectivity index (χ1n) is 6.73. The number of nitrogens with zero attached hydrogens (tertiary/aromatic N) is 3. The number of carbonyl (C=O) groups is 1. The Hall–Kier alpha value is -1.44. The molecule has 20 heavy (non-hydrogen) atoms. The number of hydrogen-bond donors (Lipinski definition) is 1. The number of ether oxygens (including phenoxy) is 2. The number of likely N-dealkylation sites (N-methyl/N-ethyl adjacent to an activating group) is 1. The van der Waals surface area contributed by atoms with E-state index in [1.54, 1.807) is 18.0 Å². The van der Waals surface area contributed by atoms with Crippen LogP contribution in [-0.2, 0) is 11.3 Å². The van der Waals surface area contributed by atoms with Crippen LogP contribution in [0, 0.1) is 0 Å². The zero-order valence-electron chi connectivity index (χ0n) is 12.3. The first-order valence-corrected chi connectivity index (χ1v) is 6.73. The minimum absolute atomic E-state index is 0.0298. The first kappa shape index (κ1) is 15.0. The molecule has 1 aromatic rings. The van der Waals surface area contributed by atoms with Gasteiger partial charge in [0.05, 0.1) is 39.1 Å². The number of ketones is 1. The largest absolute Gasteiger partial charge is 0.493 e. The molecule has 0 radical (unpaired) electrons. The van der Waals surface area contributed by atoms with Gasteiger partial charge in [0.1, 0.15) is 5.69 Å². The Morgan fingerprint density at radius 1 is 1.65 bits per heavy atom. The molecule has 1 fully saturated rings. The molecule has 112 valence electrons. The summed E-state index contributed by atoms with van der Waals surface area (Å²) < 4.78 is 12.3. The van der Waals surface area contributed by atoms with Crippen LogP contribution in [0.15, 0.2) is 6.20 Å². The summed E-state index contributed by atoms with van der Waals surface area (Å²) in [6.45, 7) is 3.16. The highest BCUT2D eigenvalue weighted by Gasteiger charge is 2.28. The van der Waals surface area contributed by atoms with E-state index in [4.69, 9.17) is 9.47 Å². The summed E-state index contributed by atoms with van der Waals surface area (Å²) in [5, 5.41) is 7.42. The quantitative estimate of drug-likeness (QED) is 0.718. The minimum Gasteiger partial charge on any atom is -0.493 e. The van der Waals surface area contributed by atoms with E-state index in [9.17, 15) is 4.79 Å². The second kappa shape index (κ2) is 6.83. The Kier molecular flexibility index (Phi) is 5.11. The van der Waals surface area contributed by atoms with Gasteiger partial charge < -0.3 is 19.7 Å². The number of nitrogens with one attached hydrogen (secondary N) is 1. The number of morpholine rings is 1. The third-order valence-corrected chi connectivity index (χ3v) is 3.26. The summed E-state index contributed by atoms with van der Waals surface area (Å²) >= 11 is 0. The van der Waals surface area contributed by atoms with Gasteiger partial charge in [-0.25, -0.2) is 0 Å². The highest BCUT2D eigenvalue weighted by atomic mass is 16.5. The Bertz CT molecular complexity index is 452. The molecule has 0 aromatic carbocycles. The fourth-order valence-corrected chi connectivity index (χ4v) is 2.13. The number of aromatic nitrogens is 2. The monoisotopic (exact) mass is 282 g/mol. The van der Waals surface area contributed by atoms with Crippen LogP contribution in [0.2, 0.25) is 0 Å². The van der Waals surface area contributed by atoms with Crippen LogP contribution in [0.1, 0.15) is 10.5 Å². The summed E-state index contributed by atoms with van der Waals surface area (Å²) in [5.74, 6) is 0.485. The molecule has 1 aromatic heterocycles. The second-order valence-corrected chi connectivity index (χ2v) is 5.03. The number of methoxy groups -OCH3 is 1. The molecule has 1 aliphatic rings. The molecule has 7 heteroatoms. The second-order valence-electron chi connectivity index (χ2n) is 5.03. The predicted molar refractivity (Wildman–Crippen MR) is 74.3 cm³/mol. The minimum atomic E-state index is -0.326. The van der Waals surface area contributed by atoms with Crippen LogP contribution < -0.4 is 10.1 Å². The standard InChI is InChI=1S/C13H22N4O3/c1-16(2)5-6-17-12(11(19-3)8-15-17)13(18)10-9-20-7-4-14-10/h8,10,14H,4-7,9H2,1-3H3. The SMILES string of the molecule is COc1cnn(CCN(C)C)c1C(=O)C1COCCN1. The number of rotatable bonds is 6. The average molecular weight is 282 g/mol. The first-order chi connectivity index (χ1) is 9.63. The zero-order valence-corrected chi connectivity index (χ0v) is 12.3. The lowest BCUT2D eigenvalue weighted by Crippen LogP contribution is -2.47. The van der Waals surface area contributed by atoms with Crippen LogP contribution >= 0.6 is 0 Å². The topological polar surface area (TPSA) is 68.6 Å². The molecule has 0 amide bonds. The molecule has 1 atom stereocenters. The lowest BCUT2D eigenvalue weighted by Gasteiger charge is -2.23. The molecule has 0 saturated carbocycles. The fraction of sp³-hybridized carbons (Fsp3) is 0.692. The molecule has 7 nitrogen and oxygen atoms in total. The van der Waals surface area contributed by atoms with E-state index in [-0.39, 0.29) is 11.8 Å². The Labute approximate surface area is 118 Å². The molecule has 0 spiro atoms. The molecular weight excluding hydrogens is 260 g/mol. The van der Waals surface area contributed by atoms with Crippen molar-refractivity contribution in [2.45, 2.75) is 12.6 Å². The van der Waals surface area contributed by atoms with Crippen LogP contribution in [0.3, 0.4) is 0 Å². The summed E-state index contributed by atoms with van der Waals surface area (Å²) in [6, 6.07) is -0.326. The van der Waals surface area contributed by atoms with Crippen molar-refractivity contribution < 1.29 is 14.3 Å². The van der Waals surface area contributed by atoms with Gasteiger partial charge >= 0.3 is 0 Å². The van der Waals surface area contributed by atoms with E-state index in [0.717, 1.165) is 6.54 Å². The van der Waals surface area contributed by atoms with Gasteiger partial charge in [-0.1, -0.05) is 0 Å². The van der Waals surface area contributed by atoms with E-state index in [1.807, 2.05) is 19.0 Å². The van der Waals surface area contributed by atoms with Gasteiger partial charge in [-0.3, -0.25) is 9.48 Å². The van der Waals surface area contributed by atoms with Gasteiger partial charge in [0.15, 0.2) is 5.75 Å². The van der Waals surface area contributed by atoms with E-state index >= 15 is 0 Å². The fourth-order valence-electron chi connectivity index (χ4n) is 2.13. The molecule has 2 rings (SSSR count). The van der Waals surface area contributed by atoms with Crippen molar-refractivity contribution in [2.24, 2.45) is 0 Å². The Morgan fingerprint density at radius 2 is 2.45 bits per heavy atom. The van der Waals surface area contributed by atoms with Crippen LogP contribution in [0.25, 0.3) is 0 Å². The third-order valence-electron chi connectivity index (χ3n) is 3.26. The molecule has 1 unspecified atom stereocenters. The van der Waals surface area contributed by atoms with Crippen LogP contribution in [0.5, 0.6) is 5.75 Å². The maximum absolute atomic E-state index is 12.6. The Morgan fingerprint density at radius 3 is 3.05 bits per heavy atom. The van der Waals surface area contributed by atoms with Gasteiger partial charge in [-0.15, -0.1) is 0 Å². The Balaban J connectivity index is 2.18. The van der Waals surface area contributed by atoms with Crippen molar-refractivity contribution in [1.29, 1.82) is 0 Å². The van der Waals surface area contributed by atoms with E-state index in [2.05, 4.69) is 10.4 Å². The van der Waals surface area contributed by atoms with Crippen molar-refractivity contribution >= 4 is 5.78 Å². The highest BCUT2D eigenvalue weighted by molar-refractivity contribution is 6.01. The smallest absolute Gasteiger partial charge is 0.203 e. The maximum atomic E-state index is 12.6. The number of Topliss-reactive ketones (excluding diaryl/α,β-unsaturated/α-hetero) is 1. The van der Waals surface area contributed by atoms with Crippen molar-refractivity contribution in [3.05, 3.63) is 11.9 Å². The molecule has 1 saturated heterocycles. The maximum Gasteiger partial charge on any atom is 0.203 e. The molecule has 2 heterocycles. The normalized spacial score (nSPS) is 19.3. The third kappa shape index (κ3) is 3.36. The van der Waals surface area contributed by atoms with Crippen molar-refractivity contribution in [3.8, 4) is 5.75 Å². The van der Waals surface area contributed by atoms with Gasteiger partial charge in [-0.05, 0) is 14.1 Å². The van der Waals surface area contributed by atoms with E-state index < -0.39 is 0 Å². The molecule has 1 aliphatic heterocycles. The van der Waals surface area contributed by atoms with Crippen LogP contribution in [0.4, 0.5) is 0 Å².